The van der Waals surface area contributed by atoms with Crippen LogP contribution in [0.5, 0.6) is 0 Å². The minimum atomic E-state index is -0.884. The number of nitrogens with zero attached hydrogens (tertiary/aromatic N) is 1. The van der Waals surface area contributed by atoms with Crippen molar-refractivity contribution in [2.75, 3.05) is 11.4 Å². The lowest BCUT2D eigenvalue weighted by molar-refractivity contribution is -0.137. The van der Waals surface area contributed by atoms with Crippen molar-refractivity contribution >= 4 is 29.2 Å². The van der Waals surface area contributed by atoms with Crippen LogP contribution in [0.3, 0.4) is 0 Å². The van der Waals surface area contributed by atoms with Crippen molar-refractivity contribution in [3.63, 3.8) is 0 Å². The van der Waals surface area contributed by atoms with Crippen LogP contribution in [0.2, 0.25) is 5.22 Å². The Balaban J connectivity index is 1.96. The molecule has 1 aliphatic heterocycles. The summed E-state index contributed by atoms with van der Waals surface area (Å²) >= 11 is 5.85. The summed E-state index contributed by atoms with van der Waals surface area (Å²) in [7, 11) is 0. The van der Waals surface area contributed by atoms with Crippen molar-refractivity contribution < 1.29 is 19.1 Å². The number of carbonyl (C=O) groups excluding carboxylic acids is 1. The summed E-state index contributed by atoms with van der Waals surface area (Å²) in [5, 5.41) is 9.05. The number of anilines is 1. The van der Waals surface area contributed by atoms with Crippen LogP contribution in [-0.2, 0) is 4.79 Å². The Morgan fingerprint density at radius 1 is 1.33 bits per heavy atom. The second-order valence-electron chi connectivity index (χ2n) is 4.88. The summed E-state index contributed by atoms with van der Waals surface area (Å²) in [6, 6.07) is 8.83. The molecule has 1 aliphatic rings. The van der Waals surface area contributed by atoms with Gasteiger partial charge in [-0.2, -0.15) is 0 Å². The first-order valence-corrected chi connectivity index (χ1v) is 6.81. The molecule has 6 heteroatoms. The van der Waals surface area contributed by atoms with Crippen LogP contribution in [0.15, 0.2) is 41.0 Å². The van der Waals surface area contributed by atoms with E-state index in [9.17, 15) is 9.59 Å². The third-order valence-electron chi connectivity index (χ3n) is 3.58. The molecule has 1 unspecified atom stereocenters. The standard InChI is InChI=1S/C15H12ClNO4/c16-14-11(5-6-21-14)15(20)17-8-9(7-13(18)19)10-3-1-2-4-12(10)17/h1-6,9H,7-8H2,(H,18,19). The van der Waals surface area contributed by atoms with Gasteiger partial charge in [0, 0.05) is 18.2 Å². The highest BCUT2D eigenvalue weighted by Gasteiger charge is 2.34. The molecule has 5 nitrogen and oxygen atoms in total. The van der Waals surface area contributed by atoms with Gasteiger partial charge in [-0.25, -0.2) is 0 Å². The van der Waals surface area contributed by atoms with E-state index >= 15 is 0 Å². The average molecular weight is 306 g/mol. The predicted octanol–water partition coefficient (Wildman–Crippen LogP) is 3.15. The first kappa shape index (κ1) is 13.7. The molecule has 0 saturated heterocycles. The topological polar surface area (TPSA) is 70.8 Å². The number of hydrogen-bond donors (Lipinski definition) is 1. The monoisotopic (exact) mass is 305 g/mol. The molecule has 1 aromatic carbocycles. The zero-order valence-electron chi connectivity index (χ0n) is 11.0. The molecule has 2 aromatic rings. The molecule has 0 saturated carbocycles. The molecule has 0 radical (unpaired) electrons. The summed E-state index contributed by atoms with van der Waals surface area (Å²) < 4.78 is 4.95. The highest BCUT2D eigenvalue weighted by Crippen LogP contribution is 2.39. The van der Waals surface area contributed by atoms with Gasteiger partial charge in [-0.05, 0) is 29.3 Å². The molecule has 3 rings (SSSR count). The SMILES string of the molecule is O=C(O)CC1CN(C(=O)c2ccoc2Cl)c2ccccc21. The van der Waals surface area contributed by atoms with Crippen LogP contribution >= 0.6 is 11.6 Å². The maximum absolute atomic E-state index is 12.6. The molecular weight excluding hydrogens is 294 g/mol. The lowest BCUT2D eigenvalue weighted by atomic mass is 9.98. The van der Waals surface area contributed by atoms with E-state index in [1.165, 1.54) is 12.3 Å². The Hall–Kier alpha value is -2.27. The molecule has 108 valence electrons. The van der Waals surface area contributed by atoms with Gasteiger partial charge in [0.05, 0.1) is 18.2 Å². The molecule has 1 amide bonds. The lowest BCUT2D eigenvalue weighted by Gasteiger charge is -2.17. The molecule has 1 atom stereocenters. The normalized spacial score (nSPS) is 16.8. The van der Waals surface area contributed by atoms with E-state index in [1.807, 2.05) is 24.3 Å². The fourth-order valence-electron chi connectivity index (χ4n) is 2.66. The first-order chi connectivity index (χ1) is 10.1. The van der Waals surface area contributed by atoms with Crippen LogP contribution in [0.1, 0.15) is 28.3 Å². The molecule has 0 spiro atoms. The summed E-state index contributed by atoms with van der Waals surface area (Å²) in [5.74, 6) is -1.38. The summed E-state index contributed by atoms with van der Waals surface area (Å²) in [4.78, 5) is 25.1. The van der Waals surface area contributed by atoms with E-state index < -0.39 is 5.97 Å². The fraction of sp³-hybridized carbons (Fsp3) is 0.200. The van der Waals surface area contributed by atoms with Gasteiger partial charge < -0.3 is 14.4 Å². The number of rotatable bonds is 3. The number of halogens is 1. The molecule has 21 heavy (non-hydrogen) atoms. The molecule has 0 fully saturated rings. The highest BCUT2D eigenvalue weighted by molar-refractivity contribution is 6.33. The second-order valence-corrected chi connectivity index (χ2v) is 5.22. The molecule has 2 heterocycles. The zero-order chi connectivity index (χ0) is 15.0. The van der Waals surface area contributed by atoms with Crippen LogP contribution in [0.4, 0.5) is 5.69 Å². The van der Waals surface area contributed by atoms with Crippen molar-refractivity contribution in [3.05, 3.63) is 52.9 Å². The maximum atomic E-state index is 12.6. The van der Waals surface area contributed by atoms with Crippen molar-refractivity contribution in [1.29, 1.82) is 0 Å². The van der Waals surface area contributed by atoms with Crippen molar-refractivity contribution in [1.82, 2.24) is 0 Å². The second kappa shape index (κ2) is 5.26. The van der Waals surface area contributed by atoms with E-state index in [0.29, 0.717) is 6.54 Å². The minimum absolute atomic E-state index is 0.0140. The summed E-state index contributed by atoms with van der Waals surface area (Å²) in [5.41, 5.74) is 1.88. The number of carboxylic acid groups (broad SMARTS) is 1. The van der Waals surface area contributed by atoms with Gasteiger partial charge in [0.1, 0.15) is 0 Å². The largest absolute Gasteiger partial charge is 0.481 e. The van der Waals surface area contributed by atoms with Gasteiger partial charge >= 0.3 is 5.97 Å². The Morgan fingerprint density at radius 3 is 2.76 bits per heavy atom. The maximum Gasteiger partial charge on any atom is 0.304 e. The van der Waals surface area contributed by atoms with Gasteiger partial charge in [0.15, 0.2) is 0 Å². The number of para-hydroxylation sites is 1. The van der Waals surface area contributed by atoms with Crippen LogP contribution in [0, 0.1) is 0 Å². The third-order valence-corrected chi connectivity index (χ3v) is 3.88. The number of carbonyl (C=O) groups is 2. The molecular formula is C15H12ClNO4. The van der Waals surface area contributed by atoms with E-state index in [1.54, 1.807) is 4.90 Å². The van der Waals surface area contributed by atoms with E-state index in [-0.39, 0.29) is 29.0 Å². The van der Waals surface area contributed by atoms with Crippen molar-refractivity contribution in [2.45, 2.75) is 12.3 Å². The van der Waals surface area contributed by atoms with E-state index in [0.717, 1.165) is 11.3 Å². The number of aliphatic carboxylic acids is 1. The minimum Gasteiger partial charge on any atom is -0.481 e. The Morgan fingerprint density at radius 2 is 2.10 bits per heavy atom. The average Bonchev–Trinajstić information content (AvgIpc) is 3.02. The number of fused-ring (bicyclic) bond motifs is 1. The van der Waals surface area contributed by atoms with Gasteiger partial charge in [-0.3, -0.25) is 9.59 Å². The number of carboxylic acids is 1. The van der Waals surface area contributed by atoms with E-state index in [2.05, 4.69) is 0 Å². The number of hydrogen-bond acceptors (Lipinski definition) is 3. The fourth-order valence-corrected chi connectivity index (χ4v) is 2.86. The quantitative estimate of drug-likeness (QED) is 0.945. The number of furan rings is 1. The third kappa shape index (κ3) is 2.40. The smallest absolute Gasteiger partial charge is 0.304 e. The van der Waals surface area contributed by atoms with Gasteiger partial charge in [0.25, 0.3) is 5.91 Å². The number of benzene rings is 1. The van der Waals surface area contributed by atoms with Gasteiger partial charge in [-0.15, -0.1) is 0 Å². The molecule has 0 bridgehead atoms. The van der Waals surface area contributed by atoms with Crippen LogP contribution < -0.4 is 4.90 Å². The lowest BCUT2D eigenvalue weighted by Crippen LogP contribution is -2.30. The Bertz CT molecular complexity index is 709. The number of amides is 1. The molecule has 1 N–H and O–H groups in total. The predicted molar refractivity (Wildman–Crippen MR) is 76.8 cm³/mol. The van der Waals surface area contributed by atoms with Crippen LogP contribution in [0.25, 0.3) is 0 Å². The van der Waals surface area contributed by atoms with Crippen LogP contribution in [-0.4, -0.2) is 23.5 Å². The van der Waals surface area contributed by atoms with Crippen molar-refractivity contribution in [3.8, 4) is 0 Å². The zero-order valence-corrected chi connectivity index (χ0v) is 11.7. The molecule has 0 aliphatic carbocycles. The summed E-state index contributed by atoms with van der Waals surface area (Å²) in [6.45, 7) is 0.325. The first-order valence-electron chi connectivity index (χ1n) is 6.43. The van der Waals surface area contributed by atoms with E-state index in [4.69, 9.17) is 21.1 Å². The highest BCUT2D eigenvalue weighted by atomic mass is 35.5. The molecule has 1 aromatic heterocycles. The Kier molecular flexibility index (Phi) is 3.43. The Labute approximate surface area is 125 Å². The van der Waals surface area contributed by atoms with Gasteiger partial charge in [-0.1, -0.05) is 18.2 Å². The van der Waals surface area contributed by atoms with Gasteiger partial charge in [0.2, 0.25) is 5.22 Å². The van der Waals surface area contributed by atoms with Crippen molar-refractivity contribution in [2.24, 2.45) is 0 Å². The summed E-state index contributed by atoms with van der Waals surface area (Å²) in [6.07, 6.45) is 1.34.